The lowest BCUT2D eigenvalue weighted by atomic mass is 9.93. The summed E-state index contributed by atoms with van der Waals surface area (Å²) in [4.78, 5) is 14.8. The van der Waals surface area contributed by atoms with Crippen LogP contribution in [0.3, 0.4) is 0 Å². The molecular weight excluding hydrogens is 414 g/mol. The summed E-state index contributed by atoms with van der Waals surface area (Å²) in [6, 6.07) is 21.7. The Morgan fingerprint density at radius 2 is 1.42 bits per heavy atom. The van der Waals surface area contributed by atoms with E-state index >= 15 is 0 Å². The summed E-state index contributed by atoms with van der Waals surface area (Å²) in [7, 11) is 3.20. The zero-order valence-electron chi connectivity index (χ0n) is 17.2. The van der Waals surface area contributed by atoms with Gasteiger partial charge in [0, 0.05) is 17.1 Å². The van der Waals surface area contributed by atoms with Gasteiger partial charge < -0.3 is 19.5 Å². The Bertz CT molecular complexity index is 1110. The second-order valence-electron chi connectivity index (χ2n) is 7.23. The molecule has 1 atom stereocenters. The van der Waals surface area contributed by atoms with Gasteiger partial charge in [-0.15, -0.1) is 0 Å². The summed E-state index contributed by atoms with van der Waals surface area (Å²) in [6.07, 6.45) is 0. The largest absolute Gasteiger partial charge is 0.503 e. The van der Waals surface area contributed by atoms with Crippen LogP contribution in [0, 0.1) is 0 Å². The van der Waals surface area contributed by atoms with E-state index in [0.29, 0.717) is 22.9 Å². The average Bonchev–Trinajstić information content (AvgIpc) is 3.05. The molecule has 1 aliphatic heterocycles. The average molecular weight is 436 g/mol. The smallest absolute Gasteiger partial charge is 0.290 e. The van der Waals surface area contributed by atoms with Gasteiger partial charge in [-0.3, -0.25) is 4.79 Å². The zero-order valence-corrected chi connectivity index (χ0v) is 18.0. The van der Waals surface area contributed by atoms with Gasteiger partial charge in [-0.2, -0.15) is 0 Å². The third-order valence-electron chi connectivity index (χ3n) is 5.40. The van der Waals surface area contributed by atoms with Crippen LogP contribution in [-0.4, -0.2) is 30.1 Å². The topological polar surface area (TPSA) is 59.0 Å². The van der Waals surface area contributed by atoms with E-state index in [1.54, 1.807) is 31.3 Å². The maximum atomic E-state index is 13.1. The van der Waals surface area contributed by atoms with Crippen LogP contribution in [-0.2, 0) is 11.3 Å². The summed E-state index contributed by atoms with van der Waals surface area (Å²) in [5, 5.41) is 11.5. The minimum absolute atomic E-state index is 0.251. The lowest BCUT2D eigenvalue weighted by molar-refractivity contribution is -0.130. The van der Waals surface area contributed by atoms with Crippen LogP contribution in [0.4, 0.5) is 0 Å². The van der Waals surface area contributed by atoms with Gasteiger partial charge in [0.1, 0.15) is 11.5 Å². The number of nitrogens with zero attached hydrogens (tertiary/aromatic N) is 1. The second kappa shape index (κ2) is 8.74. The molecule has 1 N–H and O–H groups in total. The molecule has 0 spiro atoms. The molecule has 0 saturated heterocycles. The lowest BCUT2D eigenvalue weighted by Crippen LogP contribution is -2.29. The van der Waals surface area contributed by atoms with Gasteiger partial charge in [-0.1, -0.05) is 48.0 Å². The summed E-state index contributed by atoms with van der Waals surface area (Å²) in [6.45, 7) is 0.333. The highest BCUT2D eigenvalue weighted by Gasteiger charge is 2.41. The van der Waals surface area contributed by atoms with Crippen LogP contribution in [0.15, 0.2) is 78.6 Å². The molecule has 3 aromatic carbocycles. The minimum Gasteiger partial charge on any atom is -0.503 e. The van der Waals surface area contributed by atoms with Crippen LogP contribution in [0.1, 0.15) is 22.7 Å². The Kier molecular flexibility index (Phi) is 5.87. The number of aliphatic hydroxyl groups excluding tert-OH is 1. The van der Waals surface area contributed by atoms with Crippen LogP contribution < -0.4 is 9.47 Å². The second-order valence-corrected chi connectivity index (χ2v) is 7.66. The number of carbonyl (C=O) groups excluding carboxylic acids is 1. The SMILES string of the molecule is COc1ccc(CN2C(=O)C(O)=C(c3ccc(OC)cc3)C2c2ccc(Cl)cc2)cc1. The predicted octanol–water partition coefficient (Wildman–Crippen LogP) is 5.41. The molecule has 158 valence electrons. The number of halogens is 1. The fourth-order valence-corrected chi connectivity index (χ4v) is 3.93. The highest BCUT2D eigenvalue weighted by Crippen LogP contribution is 2.44. The zero-order chi connectivity index (χ0) is 22.0. The van der Waals surface area contributed by atoms with E-state index in [2.05, 4.69) is 0 Å². The van der Waals surface area contributed by atoms with Gasteiger partial charge in [0.25, 0.3) is 5.91 Å². The first-order chi connectivity index (χ1) is 15.0. The molecule has 3 aromatic rings. The number of benzene rings is 3. The molecule has 0 aromatic heterocycles. The Hall–Kier alpha value is -3.44. The first-order valence-corrected chi connectivity index (χ1v) is 10.2. The molecule has 5 nitrogen and oxygen atoms in total. The highest BCUT2D eigenvalue weighted by atomic mass is 35.5. The summed E-state index contributed by atoms with van der Waals surface area (Å²) in [5.74, 6) is 0.775. The van der Waals surface area contributed by atoms with Crippen molar-refractivity contribution in [2.24, 2.45) is 0 Å². The lowest BCUT2D eigenvalue weighted by Gasteiger charge is -2.27. The van der Waals surface area contributed by atoms with E-state index in [1.165, 1.54) is 0 Å². The fourth-order valence-electron chi connectivity index (χ4n) is 3.80. The van der Waals surface area contributed by atoms with Crippen LogP contribution in [0.25, 0.3) is 5.57 Å². The Labute approximate surface area is 186 Å². The summed E-state index contributed by atoms with van der Waals surface area (Å²) in [5.41, 5.74) is 3.10. The Morgan fingerprint density at radius 1 is 0.871 bits per heavy atom. The van der Waals surface area contributed by atoms with Crippen molar-refractivity contribution in [2.75, 3.05) is 14.2 Å². The van der Waals surface area contributed by atoms with E-state index in [1.807, 2.05) is 60.7 Å². The normalized spacial score (nSPS) is 16.0. The highest BCUT2D eigenvalue weighted by molar-refractivity contribution is 6.30. The number of hydrogen-bond donors (Lipinski definition) is 1. The Morgan fingerprint density at radius 3 is 1.97 bits per heavy atom. The van der Waals surface area contributed by atoms with Crippen molar-refractivity contribution in [3.8, 4) is 11.5 Å². The van der Waals surface area contributed by atoms with E-state index in [-0.39, 0.29) is 5.76 Å². The third kappa shape index (κ3) is 4.09. The predicted molar refractivity (Wildman–Crippen MR) is 120 cm³/mol. The number of hydrogen-bond acceptors (Lipinski definition) is 4. The van der Waals surface area contributed by atoms with Crippen molar-refractivity contribution < 1.29 is 19.4 Å². The number of rotatable bonds is 6. The molecule has 0 aliphatic carbocycles. The maximum Gasteiger partial charge on any atom is 0.290 e. The van der Waals surface area contributed by atoms with Crippen LogP contribution in [0.2, 0.25) is 5.02 Å². The number of ether oxygens (including phenoxy) is 2. The van der Waals surface area contributed by atoms with Crippen LogP contribution in [0.5, 0.6) is 11.5 Å². The third-order valence-corrected chi connectivity index (χ3v) is 5.65. The Balaban J connectivity index is 1.76. The van der Waals surface area contributed by atoms with Gasteiger partial charge in [-0.25, -0.2) is 0 Å². The molecule has 1 amide bonds. The van der Waals surface area contributed by atoms with E-state index in [0.717, 1.165) is 22.4 Å². The quantitative estimate of drug-likeness (QED) is 0.562. The molecule has 1 aliphatic rings. The van der Waals surface area contributed by atoms with E-state index in [9.17, 15) is 9.90 Å². The number of aliphatic hydroxyl groups is 1. The molecule has 31 heavy (non-hydrogen) atoms. The van der Waals surface area contributed by atoms with Gasteiger partial charge in [0.05, 0.1) is 20.3 Å². The van der Waals surface area contributed by atoms with E-state index in [4.69, 9.17) is 21.1 Å². The molecule has 0 radical (unpaired) electrons. The van der Waals surface area contributed by atoms with Gasteiger partial charge in [0.2, 0.25) is 0 Å². The van der Waals surface area contributed by atoms with Crippen molar-refractivity contribution in [1.29, 1.82) is 0 Å². The van der Waals surface area contributed by atoms with Gasteiger partial charge >= 0.3 is 0 Å². The minimum atomic E-state index is -0.458. The molecule has 0 bridgehead atoms. The first-order valence-electron chi connectivity index (χ1n) is 9.78. The van der Waals surface area contributed by atoms with Crippen molar-refractivity contribution >= 4 is 23.1 Å². The molecule has 4 rings (SSSR count). The number of methoxy groups -OCH3 is 2. The van der Waals surface area contributed by atoms with Crippen molar-refractivity contribution in [3.05, 3.63) is 100 Å². The number of amides is 1. The first kappa shape index (κ1) is 20.8. The van der Waals surface area contributed by atoms with Crippen LogP contribution >= 0.6 is 11.6 Å². The molecule has 6 heteroatoms. The summed E-state index contributed by atoms with van der Waals surface area (Å²) < 4.78 is 10.5. The molecule has 0 saturated carbocycles. The molecular formula is C25H22ClNO4. The van der Waals surface area contributed by atoms with E-state index < -0.39 is 11.9 Å². The summed E-state index contributed by atoms with van der Waals surface area (Å²) >= 11 is 6.09. The number of carbonyl (C=O) groups is 1. The van der Waals surface area contributed by atoms with Crippen molar-refractivity contribution in [3.63, 3.8) is 0 Å². The van der Waals surface area contributed by atoms with Gasteiger partial charge in [-0.05, 0) is 53.1 Å². The van der Waals surface area contributed by atoms with Gasteiger partial charge in [0.15, 0.2) is 5.76 Å². The maximum absolute atomic E-state index is 13.1. The molecule has 1 heterocycles. The molecule has 1 unspecified atom stereocenters. The van der Waals surface area contributed by atoms with Crippen molar-refractivity contribution in [2.45, 2.75) is 12.6 Å². The standard InChI is InChI=1S/C25H22ClNO4/c1-30-20-11-3-16(4-12-20)15-27-23(18-5-9-19(26)10-6-18)22(24(28)25(27)29)17-7-13-21(31-2)14-8-17/h3-14,23,28H,15H2,1-2H3. The fraction of sp³-hybridized carbons (Fsp3) is 0.160. The van der Waals surface area contributed by atoms with Crippen molar-refractivity contribution in [1.82, 2.24) is 4.90 Å². The monoisotopic (exact) mass is 435 g/mol. The molecule has 0 fully saturated rings.